The minimum Gasteiger partial charge on any atom is -0.393 e. The van der Waals surface area contributed by atoms with Crippen molar-refractivity contribution in [1.29, 1.82) is 0 Å². The van der Waals surface area contributed by atoms with E-state index in [1.165, 1.54) is 50.5 Å². The second-order valence-corrected chi connectivity index (χ2v) is 10.9. The maximum atomic E-state index is 10.2. The Balaban J connectivity index is 1.53. The maximum absolute atomic E-state index is 10.2. The molecule has 4 aliphatic rings. The summed E-state index contributed by atoms with van der Waals surface area (Å²) >= 11 is 0. The van der Waals surface area contributed by atoms with E-state index < -0.39 is 0 Å². The molecule has 0 radical (unpaired) electrons. The highest BCUT2D eigenvalue weighted by molar-refractivity contribution is 5.38. The predicted octanol–water partition coefficient (Wildman–Crippen LogP) is 6.84. The summed E-state index contributed by atoms with van der Waals surface area (Å²) in [7, 11) is 0. The molecule has 1 heteroatoms. The summed E-state index contributed by atoms with van der Waals surface area (Å²) in [4.78, 5) is 0. The molecule has 0 heterocycles. The fraction of sp³-hybridized carbons (Fsp3) is 0.769. The quantitative estimate of drug-likeness (QED) is 0.539. The first-order valence-corrected chi connectivity index (χ1v) is 11.6. The van der Waals surface area contributed by atoms with Gasteiger partial charge in [0.05, 0.1) is 6.10 Å². The third-order valence-electron chi connectivity index (χ3n) is 8.94. The van der Waals surface area contributed by atoms with Crippen LogP contribution < -0.4 is 0 Å². The lowest BCUT2D eigenvalue weighted by molar-refractivity contribution is 0.0453. The smallest absolute Gasteiger partial charge is 0.0578 e. The van der Waals surface area contributed by atoms with Crippen LogP contribution in [0.2, 0.25) is 0 Å². The first kappa shape index (κ1) is 19.5. The number of fused-ring (bicyclic) bond motifs is 5. The standard InChI is InChI=1S/C26H40O/c1-18(2)7-5-6-8-19-10-12-23-22-11-9-20-17-21(27)13-15-26(20,4)24(22)14-16-25(19,23)3/h5-6,9,11,18-19,21,23-24,27H,7-8,10,12-17H2,1-4H3/b6-5+. The fourth-order valence-corrected chi connectivity index (χ4v) is 7.11. The van der Waals surface area contributed by atoms with E-state index in [0.717, 1.165) is 36.5 Å². The van der Waals surface area contributed by atoms with Crippen molar-refractivity contribution in [2.45, 2.75) is 91.6 Å². The van der Waals surface area contributed by atoms with E-state index in [4.69, 9.17) is 0 Å². The van der Waals surface area contributed by atoms with E-state index in [-0.39, 0.29) is 6.10 Å². The lowest BCUT2D eigenvalue weighted by Gasteiger charge is -2.54. The minimum atomic E-state index is -0.110. The first-order valence-electron chi connectivity index (χ1n) is 11.6. The fourth-order valence-electron chi connectivity index (χ4n) is 7.11. The van der Waals surface area contributed by atoms with Crippen molar-refractivity contribution in [2.75, 3.05) is 0 Å². The van der Waals surface area contributed by atoms with Gasteiger partial charge in [-0.05, 0) is 92.3 Å². The molecule has 4 aliphatic carbocycles. The Kier molecular flexibility index (Phi) is 5.21. The summed E-state index contributed by atoms with van der Waals surface area (Å²) in [6.07, 6.45) is 20.8. The average molecular weight is 369 g/mol. The summed E-state index contributed by atoms with van der Waals surface area (Å²) in [6.45, 7) is 9.72. The Bertz CT molecular complexity index is 653. The molecule has 6 atom stereocenters. The van der Waals surface area contributed by atoms with Gasteiger partial charge in [0.1, 0.15) is 0 Å². The van der Waals surface area contributed by atoms with E-state index in [1.54, 1.807) is 5.57 Å². The molecule has 0 aliphatic heterocycles. The Morgan fingerprint density at radius 2 is 1.85 bits per heavy atom. The zero-order chi connectivity index (χ0) is 19.2. The molecular weight excluding hydrogens is 328 g/mol. The van der Waals surface area contributed by atoms with Crippen molar-refractivity contribution in [3.8, 4) is 0 Å². The molecule has 0 aromatic rings. The Morgan fingerprint density at radius 1 is 1.04 bits per heavy atom. The van der Waals surface area contributed by atoms with Gasteiger partial charge in [-0.1, -0.05) is 63.1 Å². The zero-order valence-electron chi connectivity index (χ0n) is 18.0. The van der Waals surface area contributed by atoms with Crippen LogP contribution in [0, 0.1) is 34.5 Å². The van der Waals surface area contributed by atoms with Crippen LogP contribution in [0.15, 0.2) is 35.5 Å². The molecule has 0 saturated heterocycles. The maximum Gasteiger partial charge on any atom is 0.0578 e. The topological polar surface area (TPSA) is 20.2 Å². The molecule has 0 spiro atoms. The van der Waals surface area contributed by atoms with Crippen LogP contribution in [0.25, 0.3) is 0 Å². The number of hydrogen-bond acceptors (Lipinski definition) is 1. The number of aliphatic hydroxyl groups is 1. The molecule has 150 valence electrons. The van der Waals surface area contributed by atoms with E-state index >= 15 is 0 Å². The van der Waals surface area contributed by atoms with Crippen LogP contribution in [0.1, 0.15) is 85.5 Å². The lowest BCUT2D eigenvalue weighted by atomic mass is 9.50. The predicted molar refractivity (Wildman–Crippen MR) is 114 cm³/mol. The van der Waals surface area contributed by atoms with Gasteiger partial charge in [0, 0.05) is 0 Å². The molecule has 4 rings (SSSR count). The number of rotatable bonds is 4. The molecule has 0 bridgehead atoms. The van der Waals surface area contributed by atoms with E-state index in [9.17, 15) is 5.11 Å². The second kappa shape index (κ2) is 7.21. The normalized spacial score (nSPS) is 43.9. The van der Waals surface area contributed by atoms with Crippen LogP contribution in [-0.2, 0) is 0 Å². The highest BCUT2D eigenvalue weighted by Crippen LogP contribution is 2.65. The van der Waals surface area contributed by atoms with Crippen molar-refractivity contribution in [1.82, 2.24) is 0 Å². The van der Waals surface area contributed by atoms with Crippen molar-refractivity contribution >= 4 is 0 Å². The third kappa shape index (κ3) is 3.28. The van der Waals surface area contributed by atoms with Crippen LogP contribution in [-0.4, -0.2) is 11.2 Å². The third-order valence-corrected chi connectivity index (χ3v) is 8.94. The van der Waals surface area contributed by atoms with Crippen molar-refractivity contribution in [3.05, 3.63) is 35.5 Å². The number of allylic oxidation sites excluding steroid dienone is 5. The Morgan fingerprint density at radius 3 is 2.63 bits per heavy atom. The number of hydrogen-bond donors (Lipinski definition) is 1. The van der Waals surface area contributed by atoms with Crippen LogP contribution in [0.5, 0.6) is 0 Å². The van der Waals surface area contributed by atoms with Crippen LogP contribution in [0.3, 0.4) is 0 Å². The summed E-state index contributed by atoms with van der Waals surface area (Å²) in [5.74, 6) is 3.16. The molecule has 6 unspecified atom stereocenters. The van der Waals surface area contributed by atoms with Gasteiger partial charge in [-0.2, -0.15) is 0 Å². The van der Waals surface area contributed by atoms with Gasteiger partial charge in [0.15, 0.2) is 0 Å². The summed E-state index contributed by atoms with van der Waals surface area (Å²) in [6, 6.07) is 0. The van der Waals surface area contributed by atoms with E-state index in [2.05, 4.69) is 52.0 Å². The second-order valence-electron chi connectivity index (χ2n) is 10.9. The molecule has 1 nitrogen and oxygen atoms in total. The van der Waals surface area contributed by atoms with Gasteiger partial charge >= 0.3 is 0 Å². The molecule has 3 saturated carbocycles. The highest BCUT2D eigenvalue weighted by atomic mass is 16.3. The van der Waals surface area contributed by atoms with Gasteiger partial charge in [-0.15, -0.1) is 0 Å². The first-order chi connectivity index (χ1) is 12.8. The molecule has 1 N–H and O–H groups in total. The molecule has 0 aromatic carbocycles. The van der Waals surface area contributed by atoms with Crippen LogP contribution in [0.4, 0.5) is 0 Å². The van der Waals surface area contributed by atoms with Gasteiger partial charge in [0.25, 0.3) is 0 Å². The Hall–Kier alpha value is -0.820. The summed E-state index contributed by atoms with van der Waals surface area (Å²) in [5.41, 5.74) is 4.13. The minimum absolute atomic E-state index is 0.110. The Labute approximate surface area is 167 Å². The summed E-state index contributed by atoms with van der Waals surface area (Å²) < 4.78 is 0. The molecule has 0 aromatic heterocycles. The van der Waals surface area contributed by atoms with E-state index in [0.29, 0.717) is 10.8 Å². The van der Waals surface area contributed by atoms with Gasteiger partial charge < -0.3 is 5.11 Å². The van der Waals surface area contributed by atoms with Gasteiger partial charge in [0.2, 0.25) is 0 Å². The van der Waals surface area contributed by atoms with Crippen molar-refractivity contribution in [2.24, 2.45) is 34.5 Å². The summed E-state index contributed by atoms with van der Waals surface area (Å²) in [5, 5.41) is 10.2. The van der Waals surface area contributed by atoms with Crippen LogP contribution >= 0.6 is 0 Å². The molecular formula is C26H40O. The average Bonchev–Trinajstić information content (AvgIpc) is 2.96. The van der Waals surface area contributed by atoms with Gasteiger partial charge in [-0.25, -0.2) is 0 Å². The highest BCUT2D eigenvalue weighted by Gasteiger charge is 2.55. The molecule has 27 heavy (non-hydrogen) atoms. The largest absolute Gasteiger partial charge is 0.393 e. The van der Waals surface area contributed by atoms with E-state index in [1.807, 2.05) is 0 Å². The molecule has 3 fully saturated rings. The van der Waals surface area contributed by atoms with Crippen molar-refractivity contribution < 1.29 is 5.11 Å². The SMILES string of the molecule is CC(C)C/C=C/CC1CCC2C3=CC=C4CC(O)CCC4(C)C3CCC12C. The number of aliphatic hydroxyl groups excluding tert-OH is 1. The van der Waals surface area contributed by atoms with Gasteiger partial charge in [-0.3, -0.25) is 0 Å². The monoisotopic (exact) mass is 368 g/mol. The van der Waals surface area contributed by atoms with Crippen molar-refractivity contribution in [3.63, 3.8) is 0 Å². The molecule has 0 amide bonds. The lowest BCUT2D eigenvalue weighted by Crippen LogP contribution is -2.45. The zero-order valence-corrected chi connectivity index (χ0v) is 18.0.